The molecule has 6 nitrogen and oxygen atoms in total. The third-order valence-corrected chi connectivity index (χ3v) is 6.32. The molecule has 35 heavy (non-hydrogen) atoms. The Kier molecular flexibility index (Phi) is 7.22. The number of hydrogen-bond donors (Lipinski definition) is 3. The van der Waals surface area contributed by atoms with Gasteiger partial charge in [-0.1, -0.05) is 20.1 Å². The summed E-state index contributed by atoms with van der Waals surface area (Å²) in [6.07, 6.45) is 7.38. The molecule has 0 amide bonds. The van der Waals surface area contributed by atoms with Gasteiger partial charge in [-0.3, -0.25) is 9.97 Å². The summed E-state index contributed by atoms with van der Waals surface area (Å²) >= 11 is 1.64. The number of rotatable bonds is 9. The van der Waals surface area contributed by atoms with Gasteiger partial charge in [-0.15, -0.1) is 0 Å². The lowest BCUT2D eigenvalue weighted by Crippen LogP contribution is -2.09. The second-order valence-corrected chi connectivity index (χ2v) is 8.93. The molecule has 0 aliphatic heterocycles. The monoisotopic (exact) mass is 486 g/mol. The van der Waals surface area contributed by atoms with Gasteiger partial charge in [-0.2, -0.15) is 11.3 Å². The highest BCUT2D eigenvalue weighted by molar-refractivity contribution is 7.08. The Morgan fingerprint density at radius 1 is 1.09 bits per heavy atom. The van der Waals surface area contributed by atoms with Crippen LogP contribution in [-0.4, -0.2) is 15.0 Å². The first-order chi connectivity index (χ1) is 16.9. The van der Waals surface area contributed by atoms with Gasteiger partial charge in [0.1, 0.15) is 11.5 Å². The number of aromatic nitrogens is 3. The van der Waals surface area contributed by atoms with E-state index in [1.54, 1.807) is 36.0 Å². The highest BCUT2D eigenvalue weighted by Crippen LogP contribution is 2.31. The van der Waals surface area contributed by atoms with Crippen molar-refractivity contribution in [2.24, 2.45) is 0 Å². The van der Waals surface area contributed by atoms with Gasteiger partial charge < -0.3 is 16.4 Å². The molecular weight excluding hydrogens is 459 g/mol. The van der Waals surface area contributed by atoms with Crippen LogP contribution in [0.4, 0.5) is 21.6 Å². The Labute approximate surface area is 208 Å². The van der Waals surface area contributed by atoms with Crippen molar-refractivity contribution in [2.45, 2.75) is 26.7 Å². The van der Waals surface area contributed by atoms with Crippen molar-refractivity contribution in [3.8, 4) is 22.4 Å². The molecule has 4 aromatic rings. The topological polar surface area (TPSA) is 88.8 Å². The summed E-state index contributed by atoms with van der Waals surface area (Å²) in [5.74, 6) is 0.170. The molecule has 0 aliphatic carbocycles. The number of anilines is 3. The van der Waals surface area contributed by atoms with E-state index < -0.39 is 5.82 Å². The van der Waals surface area contributed by atoms with E-state index in [1.165, 1.54) is 6.20 Å². The van der Waals surface area contributed by atoms with Crippen LogP contribution >= 0.6 is 11.3 Å². The molecule has 0 aliphatic rings. The van der Waals surface area contributed by atoms with Crippen molar-refractivity contribution in [3.05, 3.63) is 95.2 Å². The number of halogens is 1. The average molecular weight is 487 g/mol. The summed E-state index contributed by atoms with van der Waals surface area (Å²) in [6, 6.07) is 5.83. The van der Waals surface area contributed by atoms with Gasteiger partial charge in [0.15, 0.2) is 5.82 Å². The van der Waals surface area contributed by atoms with Crippen LogP contribution in [0.1, 0.15) is 24.5 Å². The minimum absolute atomic E-state index is 0.175. The third-order valence-electron chi connectivity index (χ3n) is 5.64. The van der Waals surface area contributed by atoms with E-state index in [-0.39, 0.29) is 17.8 Å². The van der Waals surface area contributed by atoms with Crippen molar-refractivity contribution in [3.63, 3.8) is 0 Å². The van der Waals surface area contributed by atoms with E-state index in [0.29, 0.717) is 28.3 Å². The quantitative estimate of drug-likeness (QED) is 0.241. The lowest BCUT2D eigenvalue weighted by Gasteiger charge is -2.16. The minimum Gasteiger partial charge on any atom is -0.397 e. The molecule has 0 spiro atoms. The Morgan fingerprint density at radius 2 is 1.91 bits per heavy atom. The number of hydrogen-bond acceptors (Lipinski definition) is 7. The van der Waals surface area contributed by atoms with Crippen LogP contribution in [0.15, 0.2) is 78.3 Å². The van der Waals surface area contributed by atoms with Crippen molar-refractivity contribution >= 4 is 28.5 Å². The molecule has 0 saturated heterocycles. The Bertz CT molecular complexity index is 1380. The van der Waals surface area contributed by atoms with Gasteiger partial charge in [0.2, 0.25) is 0 Å². The average Bonchev–Trinajstić information content (AvgIpc) is 3.38. The maximum atomic E-state index is 15.6. The summed E-state index contributed by atoms with van der Waals surface area (Å²) in [4.78, 5) is 12.9. The number of thiophene rings is 1. The number of nitrogens with two attached hydrogens (primary N) is 1. The van der Waals surface area contributed by atoms with Crippen LogP contribution in [0.5, 0.6) is 0 Å². The number of pyridine rings is 3. The minimum atomic E-state index is -0.502. The Hall–Kier alpha value is -4.04. The highest BCUT2D eigenvalue weighted by Gasteiger charge is 2.17. The van der Waals surface area contributed by atoms with E-state index in [9.17, 15) is 0 Å². The van der Waals surface area contributed by atoms with Crippen LogP contribution in [0.2, 0.25) is 0 Å². The maximum absolute atomic E-state index is 15.6. The standard InChI is InChI=1S/C27H27FN6S/c1-5-16(2)33-21-11-20(12-30-13-21)26-25(28)23(24(29)14-32-26)10-17(3)34-27-18(4)22(6-8-31-27)19-7-9-35-15-19/h6-9,11-15,33H,2-3,5,10,29H2,1,4H3,(H,31,34). The lowest BCUT2D eigenvalue weighted by atomic mass is 10.0. The fraction of sp³-hybridized carbons (Fsp3) is 0.148. The fourth-order valence-corrected chi connectivity index (χ4v) is 4.32. The first-order valence-electron chi connectivity index (χ1n) is 11.1. The molecule has 4 heterocycles. The van der Waals surface area contributed by atoms with Crippen molar-refractivity contribution in [1.29, 1.82) is 0 Å². The van der Waals surface area contributed by atoms with Gasteiger partial charge in [0.25, 0.3) is 0 Å². The molecule has 4 N–H and O–H groups in total. The molecule has 0 aromatic carbocycles. The van der Waals surface area contributed by atoms with E-state index in [4.69, 9.17) is 5.73 Å². The van der Waals surface area contributed by atoms with Crippen LogP contribution in [-0.2, 0) is 6.42 Å². The predicted molar refractivity (Wildman–Crippen MR) is 144 cm³/mol. The molecule has 0 atom stereocenters. The van der Waals surface area contributed by atoms with Gasteiger partial charge in [0.05, 0.1) is 23.8 Å². The van der Waals surface area contributed by atoms with Crippen molar-refractivity contribution in [1.82, 2.24) is 15.0 Å². The molecular formula is C27H27FN6S. The van der Waals surface area contributed by atoms with Crippen molar-refractivity contribution in [2.75, 3.05) is 16.4 Å². The summed E-state index contributed by atoms with van der Waals surface area (Å²) in [5, 5.41) is 10.5. The third kappa shape index (κ3) is 5.38. The molecule has 4 aromatic heterocycles. The predicted octanol–water partition coefficient (Wildman–Crippen LogP) is 6.80. The first kappa shape index (κ1) is 24.1. The number of allylic oxidation sites excluding steroid dienone is 2. The van der Waals surface area contributed by atoms with Gasteiger partial charge in [0, 0.05) is 41.3 Å². The zero-order valence-electron chi connectivity index (χ0n) is 19.7. The SMILES string of the molecule is C=C(CC)Nc1cncc(-c2ncc(N)c(CC(=C)Nc3nccc(-c4ccsc4)c3C)c2F)c1. The highest BCUT2D eigenvalue weighted by atomic mass is 32.1. The Balaban J connectivity index is 1.58. The van der Waals surface area contributed by atoms with Crippen LogP contribution in [0, 0.1) is 12.7 Å². The van der Waals surface area contributed by atoms with Crippen LogP contribution in [0.25, 0.3) is 22.4 Å². The number of nitrogen functional groups attached to an aromatic ring is 1. The first-order valence-corrected chi connectivity index (χ1v) is 12.1. The molecule has 0 fully saturated rings. The molecule has 178 valence electrons. The molecule has 0 unspecified atom stereocenters. The largest absolute Gasteiger partial charge is 0.397 e. The van der Waals surface area contributed by atoms with Crippen LogP contribution < -0.4 is 16.4 Å². The van der Waals surface area contributed by atoms with Gasteiger partial charge >= 0.3 is 0 Å². The summed E-state index contributed by atoms with van der Waals surface area (Å²) in [7, 11) is 0. The summed E-state index contributed by atoms with van der Waals surface area (Å²) < 4.78 is 15.6. The second kappa shape index (κ2) is 10.5. The molecule has 8 heteroatoms. The van der Waals surface area contributed by atoms with E-state index >= 15 is 4.39 Å². The Morgan fingerprint density at radius 3 is 2.66 bits per heavy atom. The maximum Gasteiger partial charge on any atom is 0.155 e. The molecule has 0 bridgehead atoms. The zero-order valence-corrected chi connectivity index (χ0v) is 20.5. The van der Waals surface area contributed by atoms with E-state index in [1.807, 2.05) is 25.3 Å². The van der Waals surface area contributed by atoms with Crippen molar-refractivity contribution < 1.29 is 4.39 Å². The second-order valence-electron chi connectivity index (χ2n) is 8.15. The van der Waals surface area contributed by atoms with Gasteiger partial charge in [-0.05, 0) is 59.0 Å². The molecule has 4 rings (SSSR count). The normalized spacial score (nSPS) is 10.7. The van der Waals surface area contributed by atoms with Gasteiger partial charge in [-0.25, -0.2) is 9.37 Å². The fourth-order valence-electron chi connectivity index (χ4n) is 3.67. The summed E-state index contributed by atoms with van der Waals surface area (Å²) in [6.45, 7) is 12.0. The number of nitrogens with zero attached hydrogens (tertiary/aromatic N) is 3. The molecule has 0 radical (unpaired) electrons. The van der Waals surface area contributed by atoms with E-state index in [0.717, 1.165) is 28.8 Å². The van der Waals surface area contributed by atoms with E-state index in [2.05, 4.69) is 50.2 Å². The smallest absolute Gasteiger partial charge is 0.155 e. The summed E-state index contributed by atoms with van der Waals surface area (Å²) in [5.41, 5.74) is 12.7. The zero-order chi connectivity index (χ0) is 24.9. The number of nitrogens with one attached hydrogen (secondary N) is 2. The lowest BCUT2D eigenvalue weighted by molar-refractivity contribution is 0.612. The van der Waals surface area contributed by atoms with Crippen LogP contribution in [0.3, 0.4) is 0 Å². The molecule has 0 saturated carbocycles.